The molecule has 1 saturated carbocycles. The molecule has 7 heteroatoms. The Labute approximate surface area is 145 Å². The molecule has 1 aliphatic heterocycles. The predicted octanol–water partition coefficient (Wildman–Crippen LogP) is 2.61. The minimum Gasteiger partial charge on any atom is -0.480 e. The molecular weight excluding hydrogens is 330 g/mol. The molecule has 1 aromatic carbocycles. The first kappa shape index (κ1) is 17.8. The molecule has 2 atom stereocenters. The number of piperazine rings is 1. The molecule has 25 heavy (non-hydrogen) atoms. The van der Waals surface area contributed by atoms with Gasteiger partial charge in [-0.25, -0.2) is 13.6 Å². The number of carbonyl (C=O) groups is 2. The Morgan fingerprint density at radius 1 is 1.32 bits per heavy atom. The molecule has 3 rings (SSSR count). The molecule has 0 bridgehead atoms. The average Bonchev–Trinajstić information content (AvgIpc) is 3.01. The van der Waals surface area contributed by atoms with Crippen molar-refractivity contribution >= 4 is 11.9 Å². The molecule has 136 valence electrons. The van der Waals surface area contributed by atoms with E-state index in [4.69, 9.17) is 0 Å². The maximum Gasteiger partial charge on any atom is 0.326 e. The fourth-order valence-electron chi connectivity index (χ4n) is 4.12. The van der Waals surface area contributed by atoms with E-state index in [1.165, 1.54) is 4.90 Å². The minimum atomic E-state index is -1.10. The van der Waals surface area contributed by atoms with E-state index in [1.54, 1.807) is 6.92 Å². The molecule has 0 aromatic heterocycles. The van der Waals surface area contributed by atoms with E-state index in [9.17, 15) is 23.5 Å². The number of carboxylic acid groups (broad SMARTS) is 1. The van der Waals surface area contributed by atoms with Crippen molar-refractivity contribution in [3.05, 3.63) is 35.4 Å². The Hall–Kier alpha value is -2.02. The summed E-state index contributed by atoms with van der Waals surface area (Å²) in [6, 6.07) is 1.35. The lowest BCUT2D eigenvalue weighted by molar-refractivity contribution is -0.159. The second kappa shape index (κ2) is 6.71. The standard InChI is InChI=1S/C18H22F2N2O3/c1-2-14(16(23)24)22-15(11-7-12(19)9-13(20)8-11)10-21-18(17(22)25)5-3-4-6-18/h7-9,14-15,21H,2-6,10H2,1H3,(H,23,24)/t14?,15-/m1/s1. The first-order chi connectivity index (χ1) is 11.9. The summed E-state index contributed by atoms with van der Waals surface area (Å²) >= 11 is 0. The van der Waals surface area contributed by atoms with E-state index in [2.05, 4.69) is 5.32 Å². The van der Waals surface area contributed by atoms with Crippen LogP contribution >= 0.6 is 0 Å². The Bertz CT molecular complexity index is 669. The van der Waals surface area contributed by atoms with Crippen LogP contribution in [0.15, 0.2) is 18.2 Å². The molecule has 2 fully saturated rings. The van der Waals surface area contributed by atoms with Gasteiger partial charge in [0.15, 0.2) is 0 Å². The number of carbonyl (C=O) groups excluding carboxylic acids is 1. The lowest BCUT2D eigenvalue weighted by Crippen LogP contribution is -2.66. The smallest absolute Gasteiger partial charge is 0.326 e. The van der Waals surface area contributed by atoms with E-state index in [0.29, 0.717) is 12.8 Å². The van der Waals surface area contributed by atoms with Crippen molar-refractivity contribution in [1.29, 1.82) is 0 Å². The van der Waals surface area contributed by atoms with Crippen LogP contribution in [0.2, 0.25) is 0 Å². The van der Waals surface area contributed by atoms with Gasteiger partial charge in [-0.05, 0) is 37.0 Å². The second-order valence-electron chi connectivity index (χ2n) is 6.86. The number of aliphatic carboxylic acids is 1. The quantitative estimate of drug-likeness (QED) is 0.874. The van der Waals surface area contributed by atoms with Crippen molar-refractivity contribution in [3.8, 4) is 0 Å². The van der Waals surface area contributed by atoms with Gasteiger partial charge >= 0.3 is 5.97 Å². The first-order valence-corrected chi connectivity index (χ1v) is 8.64. The molecule has 1 saturated heterocycles. The Balaban J connectivity index is 2.04. The van der Waals surface area contributed by atoms with E-state index in [0.717, 1.165) is 31.0 Å². The number of benzene rings is 1. The van der Waals surface area contributed by atoms with E-state index in [1.807, 2.05) is 0 Å². The number of halogens is 2. The molecular formula is C18H22F2N2O3. The highest BCUT2D eigenvalue weighted by Crippen LogP contribution is 2.39. The second-order valence-corrected chi connectivity index (χ2v) is 6.86. The molecule has 1 unspecified atom stereocenters. The van der Waals surface area contributed by atoms with Crippen LogP contribution in [-0.2, 0) is 9.59 Å². The van der Waals surface area contributed by atoms with Crippen LogP contribution in [-0.4, -0.2) is 40.0 Å². The lowest BCUT2D eigenvalue weighted by atomic mass is 9.87. The van der Waals surface area contributed by atoms with Gasteiger partial charge in [0.25, 0.3) is 0 Å². The number of rotatable bonds is 4. The molecule has 2 aliphatic rings. The highest BCUT2D eigenvalue weighted by atomic mass is 19.1. The van der Waals surface area contributed by atoms with Crippen LogP contribution in [0.5, 0.6) is 0 Å². The van der Waals surface area contributed by atoms with Gasteiger partial charge < -0.3 is 15.3 Å². The number of hydrogen-bond donors (Lipinski definition) is 2. The fraction of sp³-hybridized carbons (Fsp3) is 0.556. The van der Waals surface area contributed by atoms with Crippen LogP contribution in [0.1, 0.15) is 50.6 Å². The van der Waals surface area contributed by atoms with Crippen molar-refractivity contribution in [2.45, 2.75) is 56.7 Å². The number of nitrogens with one attached hydrogen (secondary N) is 1. The van der Waals surface area contributed by atoms with Gasteiger partial charge in [-0.1, -0.05) is 19.8 Å². The summed E-state index contributed by atoms with van der Waals surface area (Å²) in [6.07, 6.45) is 3.34. The van der Waals surface area contributed by atoms with Gasteiger partial charge in [0.05, 0.1) is 11.6 Å². The number of carboxylic acids is 1. The van der Waals surface area contributed by atoms with Gasteiger partial charge in [0, 0.05) is 12.6 Å². The van der Waals surface area contributed by atoms with E-state index >= 15 is 0 Å². The predicted molar refractivity (Wildman–Crippen MR) is 86.9 cm³/mol. The Morgan fingerprint density at radius 2 is 1.92 bits per heavy atom. The highest BCUT2D eigenvalue weighted by molar-refractivity contribution is 5.91. The summed E-state index contributed by atoms with van der Waals surface area (Å²) in [5.41, 5.74) is -0.475. The Morgan fingerprint density at radius 3 is 2.44 bits per heavy atom. The number of hydrogen-bond acceptors (Lipinski definition) is 3. The molecule has 1 spiro atoms. The van der Waals surface area contributed by atoms with Crippen molar-refractivity contribution in [3.63, 3.8) is 0 Å². The summed E-state index contributed by atoms with van der Waals surface area (Å²) in [6.45, 7) is 1.97. The normalized spacial score (nSPS) is 23.9. The van der Waals surface area contributed by atoms with Crippen molar-refractivity contribution in [2.24, 2.45) is 0 Å². The van der Waals surface area contributed by atoms with Crippen molar-refractivity contribution in [2.75, 3.05) is 6.54 Å². The third-order valence-corrected chi connectivity index (χ3v) is 5.35. The Kier molecular flexibility index (Phi) is 4.77. The maximum atomic E-state index is 13.7. The van der Waals surface area contributed by atoms with Gasteiger partial charge in [-0.3, -0.25) is 4.79 Å². The van der Waals surface area contributed by atoms with E-state index < -0.39 is 35.2 Å². The van der Waals surface area contributed by atoms with Crippen LogP contribution in [0, 0.1) is 11.6 Å². The lowest BCUT2D eigenvalue weighted by Gasteiger charge is -2.47. The molecule has 1 aromatic rings. The van der Waals surface area contributed by atoms with Crippen LogP contribution in [0.25, 0.3) is 0 Å². The zero-order valence-corrected chi connectivity index (χ0v) is 14.1. The monoisotopic (exact) mass is 352 g/mol. The van der Waals surface area contributed by atoms with Gasteiger partial charge in [-0.2, -0.15) is 0 Å². The highest BCUT2D eigenvalue weighted by Gasteiger charge is 2.51. The summed E-state index contributed by atoms with van der Waals surface area (Å²) < 4.78 is 27.3. The summed E-state index contributed by atoms with van der Waals surface area (Å²) in [5, 5.41) is 12.8. The molecule has 5 nitrogen and oxygen atoms in total. The molecule has 1 amide bonds. The molecule has 0 radical (unpaired) electrons. The SMILES string of the molecule is CCC(C(=O)O)N1C(=O)C2(CCCC2)NC[C@@H]1c1cc(F)cc(F)c1. The third kappa shape index (κ3) is 3.13. The van der Waals surface area contributed by atoms with Gasteiger partial charge in [0.1, 0.15) is 17.7 Å². The van der Waals surface area contributed by atoms with Crippen LogP contribution < -0.4 is 5.32 Å². The van der Waals surface area contributed by atoms with Crippen LogP contribution in [0.4, 0.5) is 8.78 Å². The molecule has 2 N–H and O–H groups in total. The topological polar surface area (TPSA) is 69.6 Å². The average molecular weight is 352 g/mol. The fourth-order valence-corrected chi connectivity index (χ4v) is 4.12. The molecule has 1 aliphatic carbocycles. The zero-order chi connectivity index (χ0) is 18.2. The summed E-state index contributed by atoms with van der Waals surface area (Å²) in [5.74, 6) is -2.87. The maximum absolute atomic E-state index is 13.7. The zero-order valence-electron chi connectivity index (χ0n) is 14.1. The van der Waals surface area contributed by atoms with E-state index in [-0.39, 0.29) is 24.4 Å². The van der Waals surface area contributed by atoms with Crippen molar-refractivity contribution in [1.82, 2.24) is 10.2 Å². The summed E-state index contributed by atoms with van der Waals surface area (Å²) in [4.78, 5) is 26.3. The van der Waals surface area contributed by atoms with Crippen molar-refractivity contribution < 1.29 is 23.5 Å². The number of amides is 1. The largest absolute Gasteiger partial charge is 0.480 e. The van der Waals surface area contributed by atoms with Gasteiger partial charge in [-0.15, -0.1) is 0 Å². The third-order valence-electron chi connectivity index (χ3n) is 5.35. The van der Waals surface area contributed by atoms with Crippen LogP contribution in [0.3, 0.4) is 0 Å². The first-order valence-electron chi connectivity index (χ1n) is 8.64. The summed E-state index contributed by atoms with van der Waals surface area (Å²) in [7, 11) is 0. The number of nitrogens with zero attached hydrogens (tertiary/aromatic N) is 1. The minimum absolute atomic E-state index is 0.228. The van der Waals surface area contributed by atoms with Gasteiger partial charge in [0.2, 0.25) is 5.91 Å². The molecule has 1 heterocycles.